The number of guanidine groups is 1. The zero-order chi connectivity index (χ0) is 20.3. The molecule has 0 saturated carbocycles. The normalized spacial score (nSPS) is 11.2. The summed E-state index contributed by atoms with van der Waals surface area (Å²) in [4.78, 5) is 8.79. The molecule has 0 radical (unpaired) electrons. The second-order valence-corrected chi connectivity index (χ2v) is 6.44. The first-order chi connectivity index (χ1) is 14.2. The minimum Gasteiger partial charge on any atom is -0.487 e. The van der Waals surface area contributed by atoms with Crippen molar-refractivity contribution in [3.8, 4) is 5.75 Å². The molecule has 0 fully saturated rings. The first-order valence-electron chi connectivity index (χ1n) is 9.61. The Morgan fingerprint density at radius 3 is 2.66 bits per heavy atom. The largest absolute Gasteiger partial charge is 0.487 e. The lowest BCUT2D eigenvalue weighted by molar-refractivity contribution is 0.301. The fourth-order valence-electron chi connectivity index (χ4n) is 2.72. The molecule has 0 bridgehead atoms. The van der Waals surface area contributed by atoms with E-state index < -0.39 is 0 Å². The van der Waals surface area contributed by atoms with Crippen molar-refractivity contribution in [3.63, 3.8) is 0 Å². The van der Waals surface area contributed by atoms with Gasteiger partial charge in [-0.25, -0.2) is 9.38 Å². The number of benzene rings is 2. The standard InChI is InChI=1S/C23H25FN4O/c1-2-25-23(27-15-18-7-5-9-20(24)13-18)28-16-19-8-6-11-22(14-19)29-17-21-10-3-4-12-26-21/h3-14H,2,15-17H2,1H3,(H2,25,27,28). The first-order valence-corrected chi connectivity index (χ1v) is 9.61. The average molecular weight is 392 g/mol. The molecule has 3 rings (SSSR count). The molecular weight excluding hydrogens is 367 g/mol. The summed E-state index contributed by atoms with van der Waals surface area (Å²) < 4.78 is 19.2. The Morgan fingerprint density at radius 2 is 1.86 bits per heavy atom. The molecule has 0 aliphatic heterocycles. The Kier molecular flexibility index (Phi) is 7.57. The molecule has 1 heterocycles. The Balaban J connectivity index is 1.57. The number of nitrogens with zero attached hydrogens (tertiary/aromatic N) is 2. The van der Waals surface area contributed by atoms with Gasteiger partial charge in [-0.3, -0.25) is 4.98 Å². The molecule has 0 atom stereocenters. The number of pyridine rings is 1. The monoisotopic (exact) mass is 392 g/mol. The van der Waals surface area contributed by atoms with Crippen LogP contribution in [0.5, 0.6) is 5.75 Å². The van der Waals surface area contributed by atoms with Gasteiger partial charge in [0.15, 0.2) is 5.96 Å². The quantitative estimate of drug-likeness (QED) is 0.448. The van der Waals surface area contributed by atoms with Gasteiger partial charge in [0.25, 0.3) is 0 Å². The number of nitrogens with one attached hydrogen (secondary N) is 2. The summed E-state index contributed by atoms with van der Waals surface area (Å²) in [7, 11) is 0. The molecule has 5 nitrogen and oxygen atoms in total. The molecule has 1 aromatic heterocycles. The number of aliphatic imine (C=N–C) groups is 1. The smallest absolute Gasteiger partial charge is 0.191 e. The van der Waals surface area contributed by atoms with Crippen LogP contribution >= 0.6 is 0 Å². The molecule has 0 aliphatic carbocycles. The fourth-order valence-corrected chi connectivity index (χ4v) is 2.72. The lowest BCUT2D eigenvalue weighted by Crippen LogP contribution is -2.36. The topological polar surface area (TPSA) is 58.5 Å². The van der Waals surface area contributed by atoms with Gasteiger partial charge in [-0.1, -0.05) is 30.3 Å². The van der Waals surface area contributed by atoms with Crippen LogP contribution in [0.4, 0.5) is 4.39 Å². The third-order valence-electron chi connectivity index (χ3n) is 4.12. The number of rotatable bonds is 8. The van der Waals surface area contributed by atoms with E-state index in [0.29, 0.717) is 25.7 Å². The number of halogens is 1. The van der Waals surface area contributed by atoms with Crippen LogP contribution in [0.15, 0.2) is 77.9 Å². The average Bonchev–Trinajstić information content (AvgIpc) is 2.75. The van der Waals surface area contributed by atoms with Crippen LogP contribution < -0.4 is 15.4 Å². The molecule has 29 heavy (non-hydrogen) atoms. The fraction of sp³-hybridized carbons (Fsp3) is 0.217. The van der Waals surface area contributed by atoms with Crippen molar-refractivity contribution in [1.29, 1.82) is 0 Å². The highest BCUT2D eigenvalue weighted by atomic mass is 19.1. The van der Waals surface area contributed by atoms with Gasteiger partial charge in [-0.05, 0) is 54.4 Å². The highest BCUT2D eigenvalue weighted by Crippen LogP contribution is 2.14. The van der Waals surface area contributed by atoms with E-state index in [1.54, 1.807) is 12.3 Å². The predicted octanol–water partition coefficient (Wildman–Crippen LogP) is 4.06. The van der Waals surface area contributed by atoms with Gasteiger partial charge in [0.05, 0.1) is 12.2 Å². The Hall–Kier alpha value is -3.41. The van der Waals surface area contributed by atoms with Gasteiger partial charge in [0.1, 0.15) is 18.2 Å². The molecule has 0 amide bonds. The Morgan fingerprint density at radius 1 is 1.00 bits per heavy atom. The van der Waals surface area contributed by atoms with Crippen molar-refractivity contribution < 1.29 is 9.13 Å². The zero-order valence-corrected chi connectivity index (χ0v) is 16.4. The summed E-state index contributed by atoms with van der Waals surface area (Å²) in [5.74, 6) is 1.21. The van der Waals surface area contributed by atoms with Crippen LogP contribution in [-0.4, -0.2) is 17.5 Å². The molecule has 0 saturated heterocycles. The third kappa shape index (κ3) is 6.92. The van der Waals surface area contributed by atoms with Gasteiger partial charge < -0.3 is 15.4 Å². The van der Waals surface area contributed by atoms with E-state index in [9.17, 15) is 4.39 Å². The zero-order valence-electron chi connectivity index (χ0n) is 16.4. The van der Waals surface area contributed by atoms with Crippen molar-refractivity contribution in [2.45, 2.75) is 26.6 Å². The minimum absolute atomic E-state index is 0.252. The van der Waals surface area contributed by atoms with E-state index in [4.69, 9.17) is 4.74 Å². The van der Waals surface area contributed by atoms with Gasteiger partial charge in [0, 0.05) is 19.3 Å². The van der Waals surface area contributed by atoms with Gasteiger partial charge >= 0.3 is 0 Å². The van der Waals surface area contributed by atoms with E-state index >= 15 is 0 Å². The number of ether oxygens (including phenoxy) is 1. The first kappa shape index (κ1) is 20.3. The molecule has 6 heteroatoms. The van der Waals surface area contributed by atoms with Crippen molar-refractivity contribution in [2.75, 3.05) is 6.54 Å². The minimum atomic E-state index is -0.252. The van der Waals surface area contributed by atoms with Crippen LogP contribution in [0.3, 0.4) is 0 Å². The van der Waals surface area contributed by atoms with E-state index in [2.05, 4.69) is 20.6 Å². The van der Waals surface area contributed by atoms with Gasteiger partial charge in [-0.2, -0.15) is 0 Å². The lowest BCUT2D eigenvalue weighted by atomic mass is 10.2. The number of hydrogen-bond acceptors (Lipinski definition) is 3. The van der Waals surface area contributed by atoms with Crippen LogP contribution in [0.25, 0.3) is 0 Å². The van der Waals surface area contributed by atoms with Crippen molar-refractivity contribution in [2.24, 2.45) is 4.99 Å². The summed E-state index contributed by atoms with van der Waals surface area (Å²) in [6.45, 7) is 4.17. The van der Waals surface area contributed by atoms with Crippen LogP contribution in [0, 0.1) is 5.82 Å². The van der Waals surface area contributed by atoms with Crippen molar-refractivity contribution in [1.82, 2.24) is 15.6 Å². The summed E-state index contributed by atoms with van der Waals surface area (Å²) in [6, 6.07) is 20.1. The van der Waals surface area contributed by atoms with Crippen LogP contribution in [0.1, 0.15) is 23.7 Å². The van der Waals surface area contributed by atoms with E-state index in [0.717, 1.165) is 29.1 Å². The second kappa shape index (κ2) is 10.8. The van der Waals surface area contributed by atoms with Crippen LogP contribution in [-0.2, 0) is 19.7 Å². The molecule has 2 N–H and O–H groups in total. The van der Waals surface area contributed by atoms with E-state index in [1.165, 1.54) is 12.1 Å². The summed E-state index contributed by atoms with van der Waals surface area (Å²) >= 11 is 0. The molecule has 2 aromatic carbocycles. The van der Waals surface area contributed by atoms with Crippen molar-refractivity contribution >= 4 is 5.96 Å². The molecule has 0 spiro atoms. The molecular formula is C23H25FN4O. The maximum atomic E-state index is 13.3. The molecule has 150 valence electrons. The molecule has 0 unspecified atom stereocenters. The molecule has 3 aromatic rings. The van der Waals surface area contributed by atoms with Crippen LogP contribution in [0.2, 0.25) is 0 Å². The summed E-state index contributed by atoms with van der Waals surface area (Å²) in [6.07, 6.45) is 1.75. The third-order valence-corrected chi connectivity index (χ3v) is 4.12. The number of aromatic nitrogens is 1. The second-order valence-electron chi connectivity index (χ2n) is 6.44. The SMILES string of the molecule is CCNC(=NCc1cccc(F)c1)NCc1cccc(OCc2ccccn2)c1. The summed E-state index contributed by atoms with van der Waals surface area (Å²) in [5.41, 5.74) is 2.78. The van der Waals surface area contributed by atoms with E-state index in [1.807, 2.05) is 55.5 Å². The molecule has 0 aliphatic rings. The van der Waals surface area contributed by atoms with Gasteiger partial charge in [-0.15, -0.1) is 0 Å². The highest BCUT2D eigenvalue weighted by Gasteiger charge is 2.02. The number of hydrogen-bond donors (Lipinski definition) is 2. The maximum Gasteiger partial charge on any atom is 0.191 e. The summed E-state index contributed by atoms with van der Waals surface area (Å²) in [5, 5.41) is 6.50. The Bertz CT molecular complexity index is 931. The lowest BCUT2D eigenvalue weighted by Gasteiger charge is -2.12. The maximum absolute atomic E-state index is 13.3. The Labute approximate surface area is 170 Å². The van der Waals surface area contributed by atoms with Crippen molar-refractivity contribution in [3.05, 3.63) is 95.6 Å². The van der Waals surface area contributed by atoms with Gasteiger partial charge in [0.2, 0.25) is 0 Å². The highest BCUT2D eigenvalue weighted by molar-refractivity contribution is 5.79. The van der Waals surface area contributed by atoms with E-state index in [-0.39, 0.29) is 5.82 Å². The predicted molar refractivity (Wildman–Crippen MR) is 113 cm³/mol.